The molecule has 27 heavy (non-hydrogen) atoms. The van der Waals surface area contributed by atoms with Crippen LogP contribution in [0.25, 0.3) is 5.69 Å². The van der Waals surface area contributed by atoms with E-state index in [2.05, 4.69) is 28.2 Å². The molecule has 0 saturated carbocycles. The molecule has 2 aromatic heterocycles. The van der Waals surface area contributed by atoms with Crippen LogP contribution in [0.2, 0.25) is 5.02 Å². The third-order valence-electron chi connectivity index (χ3n) is 4.80. The first-order chi connectivity index (χ1) is 13.1. The van der Waals surface area contributed by atoms with Gasteiger partial charge in [-0.3, -0.25) is 4.98 Å². The summed E-state index contributed by atoms with van der Waals surface area (Å²) in [6.45, 7) is 2.83. The molecule has 0 unspecified atom stereocenters. The van der Waals surface area contributed by atoms with Crippen molar-refractivity contribution in [3.8, 4) is 5.69 Å². The first-order valence-electron chi connectivity index (χ1n) is 8.71. The molecule has 4 rings (SSSR count). The fourth-order valence-electron chi connectivity index (χ4n) is 3.57. The van der Waals surface area contributed by atoms with Gasteiger partial charge in [0.15, 0.2) is 5.11 Å². The molecular formula is C20H18ClFN4S. The first kappa shape index (κ1) is 17.9. The lowest BCUT2D eigenvalue weighted by molar-refractivity contribution is 0.321. The SMILES string of the molecule is CCN1C(=S)N[C@H](c2ccccn2)[C@@H]1c1cccn1-c1ccc(F)c(Cl)c1. The number of halogens is 2. The van der Waals surface area contributed by atoms with E-state index in [9.17, 15) is 4.39 Å². The van der Waals surface area contributed by atoms with E-state index in [0.29, 0.717) is 5.11 Å². The van der Waals surface area contributed by atoms with E-state index in [1.807, 2.05) is 35.0 Å². The van der Waals surface area contributed by atoms with Crippen LogP contribution in [0.15, 0.2) is 60.9 Å². The Morgan fingerprint density at radius 1 is 1.22 bits per heavy atom. The van der Waals surface area contributed by atoms with Crippen LogP contribution in [0.5, 0.6) is 0 Å². The molecule has 4 nitrogen and oxygen atoms in total. The van der Waals surface area contributed by atoms with Gasteiger partial charge in [-0.2, -0.15) is 0 Å². The monoisotopic (exact) mass is 400 g/mol. The van der Waals surface area contributed by atoms with Gasteiger partial charge in [0.05, 0.1) is 22.8 Å². The molecule has 0 aliphatic carbocycles. The molecule has 0 amide bonds. The summed E-state index contributed by atoms with van der Waals surface area (Å²) in [6.07, 6.45) is 3.73. The third kappa shape index (κ3) is 3.19. The highest BCUT2D eigenvalue weighted by atomic mass is 35.5. The Bertz CT molecular complexity index is 975. The number of likely N-dealkylation sites (N-methyl/N-ethyl adjacent to an activating group) is 1. The van der Waals surface area contributed by atoms with Crippen molar-refractivity contribution in [1.82, 2.24) is 19.8 Å². The average molecular weight is 401 g/mol. The minimum Gasteiger partial charge on any atom is -0.352 e. The van der Waals surface area contributed by atoms with Crippen molar-refractivity contribution >= 4 is 28.9 Å². The van der Waals surface area contributed by atoms with Crippen molar-refractivity contribution in [2.45, 2.75) is 19.0 Å². The van der Waals surface area contributed by atoms with E-state index in [-0.39, 0.29) is 17.1 Å². The molecule has 7 heteroatoms. The van der Waals surface area contributed by atoms with Gasteiger partial charge in [-0.1, -0.05) is 17.7 Å². The molecule has 1 aliphatic heterocycles. The van der Waals surface area contributed by atoms with Crippen LogP contribution in [0, 0.1) is 5.82 Å². The molecule has 3 heterocycles. The summed E-state index contributed by atoms with van der Waals surface area (Å²) >= 11 is 11.6. The van der Waals surface area contributed by atoms with E-state index in [1.165, 1.54) is 6.07 Å². The Labute approximate surface area is 167 Å². The number of hydrogen-bond donors (Lipinski definition) is 1. The zero-order valence-electron chi connectivity index (χ0n) is 14.6. The van der Waals surface area contributed by atoms with Gasteiger partial charge in [-0.05, 0) is 61.6 Å². The molecule has 0 bridgehead atoms. The number of thiocarbonyl (C=S) groups is 1. The van der Waals surface area contributed by atoms with E-state index in [4.69, 9.17) is 23.8 Å². The molecule has 1 N–H and O–H groups in total. The number of hydrogen-bond acceptors (Lipinski definition) is 2. The Kier molecular flexibility index (Phi) is 4.85. The number of aromatic nitrogens is 2. The second-order valence-electron chi connectivity index (χ2n) is 6.31. The molecule has 1 aromatic carbocycles. The van der Waals surface area contributed by atoms with Crippen LogP contribution in [0.3, 0.4) is 0 Å². The minimum absolute atomic E-state index is 0.0452. The maximum atomic E-state index is 13.6. The van der Waals surface area contributed by atoms with Crippen molar-refractivity contribution in [3.63, 3.8) is 0 Å². The molecular weight excluding hydrogens is 383 g/mol. The summed E-state index contributed by atoms with van der Waals surface area (Å²) in [5.74, 6) is -0.431. The van der Waals surface area contributed by atoms with Gasteiger partial charge in [0.25, 0.3) is 0 Å². The standard InChI is InChI=1S/C20H18ClFN4S/c1-2-25-19(18(24-20(25)27)16-6-3-4-10-23-16)17-7-5-11-26(17)13-8-9-15(22)14(21)12-13/h3-12,18-19H,2H2,1H3,(H,24,27)/t18-,19+/m1/s1. The van der Waals surface area contributed by atoms with Gasteiger partial charge in [0.1, 0.15) is 5.82 Å². The highest BCUT2D eigenvalue weighted by molar-refractivity contribution is 7.80. The predicted octanol–water partition coefficient (Wildman–Crippen LogP) is 4.66. The molecule has 2 atom stereocenters. The molecule has 1 fully saturated rings. The van der Waals surface area contributed by atoms with Crippen LogP contribution in [-0.4, -0.2) is 26.1 Å². The molecule has 1 saturated heterocycles. The Morgan fingerprint density at radius 2 is 2.07 bits per heavy atom. The van der Waals surface area contributed by atoms with Crippen LogP contribution < -0.4 is 5.32 Å². The Balaban J connectivity index is 1.81. The summed E-state index contributed by atoms with van der Waals surface area (Å²) in [4.78, 5) is 6.67. The largest absolute Gasteiger partial charge is 0.352 e. The fourth-order valence-corrected chi connectivity index (χ4v) is 4.12. The summed E-state index contributed by atoms with van der Waals surface area (Å²) in [5, 5.41) is 4.20. The fraction of sp³-hybridized carbons (Fsp3) is 0.200. The summed E-state index contributed by atoms with van der Waals surface area (Å²) in [5.41, 5.74) is 2.75. The van der Waals surface area contributed by atoms with E-state index >= 15 is 0 Å². The number of nitrogens with zero attached hydrogens (tertiary/aromatic N) is 3. The molecule has 138 valence electrons. The summed E-state index contributed by atoms with van der Waals surface area (Å²) in [7, 11) is 0. The average Bonchev–Trinajstić information content (AvgIpc) is 3.28. The normalized spacial score (nSPS) is 19.4. The lowest BCUT2D eigenvalue weighted by atomic mass is 10.0. The Morgan fingerprint density at radius 3 is 2.78 bits per heavy atom. The zero-order chi connectivity index (χ0) is 19.0. The highest BCUT2D eigenvalue weighted by Gasteiger charge is 2.40. The number of pyridine rings is 1. The summed E-state index contributed by atoms with van der Waals surface area (Å²) < 4.78 is 15.6. The van der Waals surface area contributed by atoms with Crippen molar-refractivity contribution < 1.29 is 4.39 Å². The van der Waals surface area contributed by atoms with Crippen molar-refractivity contribution in [2.24, 2.45) is 0 Å². The van der Waals surface area contributed by atoms with Gasteiger partial charge in [-0.25, -0.2) is 4.39 Å². The first-order valence-corrected chi connectivity index (χ1v) is 9.49. The van der Waals surface area contributed by atoms with Crippen molar-refractivity contribution in [3.05, 3.63) is 83.2 Å². The van der Waals surface area contributed by atoms with E-state index < -0.39 is 5.82 Å². The van der Waals surface area contributed by atoms with Crippen LogP contribution in [0.4, 0.5) is 4.39 Å². The molecule has 0 spiro atoms. The van der Waals surface area contributed by atoms with E-state index in [0.717, 1.165) is 23.6 Å². The number of rotatable bonds is 4. The predicted molar refractivity (Wildman–Crippen MR) is 109 cm³/mol. The lowest BCUT2D eigenvalue weighted by Gasteiger charge is -2.28. The topological polar surface area (TPSA) is 33.1 Å². The smallest absolute Gasteiger partial charge is 0.170 e. The molecule has 0 radical (unpaired) electrons. The molecule has 1 aliphatic rings. The maximum Gasteiger partial charge on any atom is 0.170 e. The number of nitrogens with one attached hydrogen (secondary N) is 1. The van der Waals surface area contributed by atoms with Crippen LogP contribution in [0.1, 0.15) is 30.4 Å². The molecule has 3 aromatic rings. The number of benzene rings is 1. The highest BCUT2D eigenvalue weighted by Crippen LogP contribution is 2.39. The van der Waals surface area contributed by atoms with Crippen molar-refractivity contribution in [2.75, 3.05) is 6.54 Å². The summed E-state index contributed by atoms with van der Waals surface area (Å²) in [6, 6.07) is 14.5. The van der Waals surface area contributed by atoms with Gasteiger partial charge in [0, 0.05) is 30.3 Å². The quantitative estimate of drug-likeness (QED) is 0.646. The van der Waals surface area contributed by atoms with Gasteiger partial charge in [-0.15, -0.1) is 0 Å². The van der Waals surface area contributed by atoms with Gasteiger partial charge < -0.3 is 14.8 Å². The minimum atomic E-state index is -0.431. The van der Waals surface area contributed by atoms with E-state index in [1.54, 1.807) is 18.3 Å². The van der Waals surface area contributed by atoms with Gasteiger partial charge >= 0.3 is 0 Å². The van der Waals surface area contributed by atoms with Crippen molar-refractivity contribution in [1.29, 1.82) is 0 Å². The van der Waals surface area contributed by atoms with Crippen LogP contribution in [-0.2, 0) is 0 Å². The second kappa shape index (κ2) is 7.29. The lowest BCUT2D eigenvalue weighted by Crippen LogP contribution is -2.30. The maximum absolute atomic E-state index is 13.6. The second-order valence-corrected chi connectivity index (χ2v) is 7.11. The van der Waals surface area contributed by atoms with Crippen LogP contribution >= 0.6 is 23.8 Å². The third-order valence-corrected chi connectivity index (χ3v) is 5.45. The van der Waals surface area contributed by atoms with Gasteiger partial charge in [0.2, 0.25) is 0 Å². The Hall–Kier alpha value is -2.44. The zero-order valence-corrected chi connectivity index (χ0v) is 16.2.